The third kappa shape index (κ3) is 4.20. The Morgan fingerprint density at radius 2 is 1.73 bits per heavy atom. The van der Waals surface area contributed by atoms with Gasteiger partial charge in [-0.3, -0.25) is 4.79 Å². The standard InChI is InChI=1S/C21H20N4O4S/c1-13-10-19(23-20(26)12-29-15-6-4-14(27-2)5-7-15)25(24-13)21-22-17-9-8-16(28-3)11-18(17)30-21/h4-11H,12H2,1-3H3,(H,23,26). The highest BCUT2D eigenvalue weighted by Crippen LogP contribution is 2.30. The van der Waals surface area contributed by atoms with E-state index in [4.69, 9.17) is 14.2 Å². The van der Waals surface area contributed by atoms with Crippen LogP contribution in [0.2, 0.25) is 0 Å². The van der Waals surface area contributed by atoms with E-state index in [1.807, 2.05) is 25.1 Å². The highest BCUT2D eigenvalue weighted by atomic mass is 32.1. The summed E-state index contributed by atoms with van der Waals surface area (Å²) < 4.78 is 18.5. The Bertz CT molecular complexity index is 1180. The fourth-order valence-corrected chi connectivity index (χ4v) is 3.80. The van der Waals surface area contributed by atoms with Gasteiger partial charge in [0.1, 0.15) is 23.1 Å². The maximum atomic E-state index is 12.4. The molecule has 0 aliphatic carbocycles. The van der Waals surface area contributed by atoms with Crippen LogP contribution in [-0.4, -0.2) is 41.5 Å². The van der Waals surface area contributed by atoms with Crippen LogP contribution in [0.1, 0.15) is 5.69 Å². The zero-order valence-corrected chi connectivity index (χ0v) is 17.5. The minimum absolute atomic E-state index is 0.131. The van der Waals surface area contributed by atoms with Crippen molar-refractivity contribution in [3.8, 4) is 22.4 Å². The first-order chi connectivity index (χ1) is 14.6. The van der Waals surface area contributed by atoms with Gasteiger partial charge < -0.3 is 19.5 Å². The number of amides is 1. The molecule has 0 aliphatic rings. The zero-order chi connectivity index (χ0) is 21.1. The fourth-order valence-electron chi connectivity index (χ4n) is 2.84. The number of aryl methyl sites for hydroxylation is 1. The van der Waals surface area contributed by atoms with Crippen molar-refractivity contribution in [2.45, 2.75) is 6.92 Å². The molecule has 2 aromatic heterocycles. The largest absolute Gasteiger partial charge is 0.497 e. The first kappa shape index (κ1) is 19.7. The maximum absolute atomic E-state index is 12.4. The molecular formula is C21H20N4O4S. The lowest BCUT2D eigenvalue weighted by molar-refractivity contribution is -0.118. The number of hydrogen-bond donors (Lipinski definition) is 1. The summed E-state index contributed by atoms with van der Waals surface area (Å²) >= 11 is 1.46. The van der Waals surface area contributed by atoms with E-state index in [0.29, 0.717) is 16.7 Å². The molecule has 30 heavy (non-hydrogen) atoms. The summed E-state index contributed by atoms with van der Waals surface area (Å²) in [6.07, 6.45) is 0. The Kier molecular flexibility index (Phi) is 5.53. The number of thiazole rings is 1. The number of rotatable bonds is 7. The third-order valence-electron chi connectivity index (χ3n) is 4.29. The highest BCUT2D eigenvalue weighted by molar-refractivity contribution is 7.20. The minimum atomic E-state index is -0.297. The highest BCUT2D eigenvalue weighted by Gasteiger charge is 2.15. The average molecular weight is 424 g/mol. The monoisotopic (exact) mass is 424 g/mol. The van der Waals surface area contributed by atoms with E-state index in [2.05, 4.69) is 15.4 Å². The summed E-state index contributed by atoms with van der Waals surface area (Å²) in [5.41, 5.74) is 1.60. The van der Waals surface area contributed by atoms with Crippen LogP contribution in [0.15, 0.2) is 48.5 Å². The molecular weight excluding hydrogens is 404 g/mol. The van der Waals surface area contributed by atoms with E-state index in [9.17, 15) is 4.79 Å². The Morgan fingerprint density at radius 1 is 1.03 bits per heavy atom. The summed E-state index contributed by atoms with van der Waals surface area (Å²) in [4.78, 5) is 17.0. The second-order valence-corrected chi connectivity index (χ2v) is 7.43. The van der Waals surface area contributed by atoms with Crippen molar-refractivity contribution < 1.29 is 19.0 Å². The van der Waals surface area contributed by atoms with Gasteiger partial charge in [0.15, 0.2) is 6.61 Å². The van der Waals surface area contributed by atoms with Crippen molar-refractivity contribution in [1.29, 1.82) is 0 Å². The minimum Gasteiger partial charge on any atom is -0.497 e. The van der Waals surface area contributed by atoms with Crippen LogP contribution in [-0.2, 0) is 4.79 Å². The summed E-state index contributed by atoms with van der Waals surface area (Å²) in [6, 6.07) is 14.5. The van der Waals surface area contributed by atoms with E-state index in [-0.39, 0.29) is 12.5 Å². The SMILES string of the molecule is COc1ccc(OCC(=O)Nc2cc(C)nn2-c2nc3ccc(OC)cc3s2)cc1. The number of nitrogens with zero attached hydrogens (tertiary/aromatic N) is 3. The number of carbonyl (C=O) groups is 1. The van der Waals surface area contributed by atoms with Gasteiger partial charge in [0, 0.05) is 6.07 Å². The number of ether oxygens (including phenoxy) is 3. The molecule has 4 rings (SSSR count). The van der Waals surface area contributed by atoms with Crippen molar-refractivity contribution >= 4 is 33.3 Å². The van der Waals surface area contributed by atoms with Crippen LogP contribution in [0.3, 0.4) is 0 Å². The molecule has 0 saturated carbocycles. The van der Waals surface area contributed by atoms with Crippen molar-refractivity contribution in [2.75, 3.05) is 26.1 Å². The van der Waals surface area contributed by atoms with Crippen LogP contribution in [0, 0.1) is 6.92 Å². The molecule has 1 N–H and O–H groups in total. The van der Waals surface area contributed by atoms with Crippen molar-refractivity contribution in [3.05, 3.63) is 54.2 Å². The topological polar surface area (TPSA) is 87.5 Å². The lowest BCUT2D eigenvalue weighted by Gasteiger charge is -2.08. The van der Waals surface area contributed by atoms with Gasteiger partial charge >= 0.3 is 0 Å². The molecule has 4 aromatic rings. The summed E-state index contributed by atoms with van der Waals surface area (Å²) in [6.45, 7) is 1.73. The number of nitrogens with one attached hydrogen (secondary N) is 1. The van der Waals surface area contributed by atoms with E-state index in [0.717, 1.165) is 27.4 Å². The van der Waals surface area contributed by atoms with Crippen molar-refractivity contribution in [3.63, 3.8) is 0 Å². The Labute approximate surface area is 177 Å². The van der Waals surface area contributed by atoms with Gasteiger partial charge in [-0.2, -0.15) is 9.78 Å². The molecule has 2 aromatic carbocycles. The maximum Gasteiger partial charge on any atom is 0.263 e. The Balaban J connectivity index is 1.49. The predicted molar refractivity (Wildman–Crippen MR) is 115 cm³/mol. The molecule has 0 unspecified atom stereocenters. The van der Waals surface area contributed by atoms with E-state index in [1.54, 1.807) is 49.2 Å². The van der Waals surface area contributed by atoms with Gasteiger partial charge in [0.25, 0.3) is 5.91 Å². The van der Waals surface area contributed by atoms with Crippen molar-refractivity contribution in [1.82, 2.24) is 14.8 Å². The van der Waals surface area contributed by atoms with E-state index >= 15 is 0 Å². The second-order valence-electron chi connectivity index (χ2n) is 6.43. The van der Waals surface area contributed by atoms with Crippen LogP contribution in [0.5, 0.6) is 17.2 Å². The Hall–Kier alpha value is -3.59. The van der Waals surface area contributed by atoms with Gasteiger partial charge in [0.05, 0.1) is 30.1 Å². The normalized spacial score (nSPS) is 10.8. The quantitative estimate of drug-likeness (QED) is 0.485. The van der Waals surface area contributed by atoms with Gasteiger partial charge in [-0.05, 0) is 49.4 Å². The number of hydrogen-bond acceptors (Lipinski definition) is 7. The lowest BCUT2D eigenvalue weighted by atomic mass is 10.3. The van der Waals surface area contributed by atoms with Gasteiger partial charge in [-0.1, -0.05) is 11.3 Å². The zero-order valence-electron chi connectivity index (χ0n) is 16.7. The molecule has 8 nitrogen and oxygen atoms in total. The van der Waals surface area contributed by atoms with Crippen LogP contribution in [0.25, 0.3) is 15.3 Å². The molecule has 154 valence electrons. The smallest absolute Gasteiger partial charge is 0.263 e. The van der Waals surface area contributed by atoms with E-state index in [1.165, 1.54) is 11.3 Å². The Morgan fingerprint density at radius 3 is 2.47 bits per heavy atom. The molecule has 0 atom stereocenters. The molecule has 0 fully saturated rings. The van der Waals surface area contributed by atoms with Crippen LogP contribution >= 0.6 is 11.3 Å². The number of aromatic nitrogens is 3. The third-order valence-corrected chi connectivity index (χ3v) is 5.29. The van der Waals surface area contributed by atoms with Gasteiger partial charge in [0.2, 0.25) is 5.13 Å². The molecule has 0 spiro atoms. The fraction of sp³-hybridized carbons (Fsp3) is 0.190. The molecule has 1 amide bonds. The first-order valence-electron chi connectivity index (χ1n) is 9.14. The number of benzene rings is 2. The van der Waals surface area contributed by atoms with E-state index < -0.39 is 0 Å². The van der Waals surface area contributed by atoms with Crippen LogP contribution < -0.4 is 19.5 Å². The molecule has 0 saturated heterocycles. The molecule has 2 heterocycles. The lowest BCUT2D eigenvalue weighted by Crippen LogP contribution is -2.21. The first-order valence-corrected chi connectivity index (χ1v) is 9.95. The number of anilines is 1. The second kappa shape index (κ2) is 8.42. The number of fused-ring (bicyclic) bond motifs is 1. The molecule has 0 radical (unpaired) electrons. The molecule has 0 aliphatic heterocycles. The van der Waals surface area contributed by atoms with Crippen molar-refractivity contribution in [2.24, 2.45) is 0 Å². The van der Waals surface area contributed by atoms with Crippen LogP contribution in [0.4, 0.5) is 5.82 Å². The summed E-state index contributed by atoms with van der Waals surface area (Å²) in [5.74, 6) is 2.30. The summed E-state index contributed by atoms with van der Waals surface area (Å²) in [7, 11) is 3.22. The van der Waals surface area contributed by atoms with Gasteiger partial charge in [-0.15, -0.1) is 0 Å². The van der Waals surface area contributed by atoms with Gasteiger partial charge in [-0.25, -0.2) is 4.98 Å². The predicted octanol–water partition coefficient (Wildman–Crippen LogP) is 3.83. The summed E-state index contributed by atoms with van der Waals surface area (Å²) in [5, 5.41) is 7.97. The average Bonchev–Trinajstić information content (AvgIpc) is 3.34. The molecule has 0 bridgehead atoms. The number of carbonyl (C=O) groups excluding carboxylic acids is 1. The molecule has 9 heteroatoms. The number of methoxy groups -OCH3 is 2.